The summed E-state index contributed by atoms with van der Waals surface area (Å²) in [4.78, 5) is 4.38. The first-order valence-corrected chi connectivity index (χ1v) is 5.79. The molecule has 3 rings (SSSR count). The summed E-state index contributed by atoms with van der Waals surface area (Å²) in [6.45, 7) is 0. The predicted octanol–water partition coefficient (Wildman–Crippen LogP) is 3.32. The van der Waals surface area contributed by atoms with E-state index >= 15 is 0 Å². The molecule has 0 bridgehead atoms. The van der Waals surface area contributed by atoms with Crippen molar-refractivity contribution < 1.29 is 4.39 Å². The van der Waals surface area contributed by atoms with Crippen LogP contribution in [-0.2, 0) is 6.42 Å². The summed E-state index contributed by atoms with van der Waals surface area (Å²) < 4.78 is 13.5. The first-order valence-electron chi connectivity index (χ1n) is 5.79. The van der Waals surface area contributed by atoms with Gasteiger partial charge in [0.15, 0.2) is 0 Å². The van der Waals surface area contributed by atoms with Crippen molar-refractivity contribution in [3.8, 4) is 0 Å². The zero-order valence-corrected chi connectivity index (χ0v) is 9.36. The van der Waals surface area contributed by atoms with Crippen molar-refractivity contribution >= 4 is 5.69 Å². The van der Waals surface area contributed by atoms with Crippen molar-refractivity contribution in [2.45, 2.75) is 18.9 Å². The number of nitrogens with zero attached hydrogens (tertiary/aromatic N) is 1. The molecule has 1 aliphatic rings. The molecule has 0 radical (unpaired) electrons. The highest BCUT2D eigenvalue weighted by atomic mass is 19.1. The Kier molecular flexibility index (Phi) is 2.52. The molecule has 86 valence electrons. The molecule has 0 amide bonds. The Balaban J connectivity index is 1.87. The number of para-hydroxylation sites is 1. The standard InChI is InChI=1S/C14H13FN2/c15-11-5-1-2-6-12(11)17-13-8-7-10-4-3-9-16-14(10)13/h1-6,9,13,17H,7-8H2. The van der Waals surface area contributed by atoms with Crippen molar-refractivity contribution in [1.29, 1.82) is 0 Å². The maximum absolute atomic E-state index is 13.5. The lowest BCUT2D eigenvalue weighted by Gasteiger charge is -2.14. The van der Waals surface area contributed by atoms with Crippen LogP contribution in [0.3, 0.4) is 0 Å². The van der Waals surface area contributed by atoms with Crippen LogP contribution in [0, 0.1) is 5.82 Å². The van der Waals surface area contributed by atoms with Crippen molar-refractivity contribution in [3.63, 3.8) is 0 Å². The van der Waals surface area contributed by atoms with Crippen LogP contribution in [0.25, 0.3) is 0 Å². The van der Waals surface area contributed by atoms with Gasteiger partial charge in [0, 0.05) is 6.20 Å². The van der Waals surface area contributed by atoms with Crippen molar-refractivity contribution in [3.05, 3.63) is 59.7 Å². The largest absolute Gasteiger partial charge is 0.374 e. The lowest BCUT2D eigenvalue weighted by molar-refractivity contribution is 0.624. The second kappa shape index (κ2) is 4.17. The maximum Gasteiger partial charge on any atom is 0.146 e. The Bertz CT molecular complexity index is 539. The molecule has 0 saturated heterocycles. The Morgan fingerprint density at radius 1 is 1.18 bits per heavy atom. The summed E-state index contributed by atoms with van der Waals surface area (Å²) in [5.74, 6) is -0.211. The van der Waals surface area contributed by atoms with Gasteiger partial charge in [-0.2, -0.15) is 0 Å². The summed E-state index contributed by atoms with van der Waals surface area (Å²) >= 11 is 0. The van der Waals surface area contributed by atoms with Gasteiger partial charge in [0.2, 0.25) is 0 Å². The molecule has 1 atom stereocenters. The molecule has 0 aliphatic heterocycles. The zero-order chi connectivity index (χ0) is 11.7. The lowest BCUT2D eigenvalue weighted by Crippen LogP contribution is -2.09. The summed E-state index contributed by atoms with van der Waals surface area (Å²) in [6.07, 6.45) is 3.77. The zero-order valence-electron chi connectivity index (χ0n) is 9.36. The molecule has 1 N–H and O–H groups in total. The minimum Gasteiger partial charge on any atom is -0.374 e. The van der Waals surface area contributed by atoms with Crippen LogP contribution in [0.4, 0.5) is 10.1 Å². The van der Waals surface area contributed by atoms with Crippen LogP contribution < -0.4 is 5.32 Å². The van der Waals surface area contributed by atoms with Crippen LogP contribution in [0.5, 0.6) is 0 Å². The first-order chi connectivity index (χ1) is 8.34. The highest BCUT2D eigenvalue weighted by Gasteiger charge is 2.23. The molecule has 0 fully saturated rings. The van der Waals surface area contributed by atoms with Crippen LogP contribution in [-0.4, -0.2) is 4.98 Å². The molecule has 3 heteroatoms. The Morgan fingerprint density at radius 2 is 2.06 bits per heavy atom. The fourth-order valence-electron chi connectivity index (χ4n) is 2.32. The molecule has 0 saturated carbocycles. The number of aryl methyl sites for hydroxylation is 1. The SMILES string of the molecule is Fc1ccccc1NC1CCc2cccnc21. The fraction of sp³-hybridized carbons (Fsp3) is 0.214. The molecule has 1 unspecified atom stereocenters. The van der Waals surface area contributed by atoms with Gasteiger partial charge in [-0.15, -0.1) is 0 Å². The third kappa shape index (κ3) is 1.88. The van der Waals surface area contributed by atoms with Gasteiger partial charge in [-0.05, 0) is 36.6 Å². The molecule has 0 spiro atoms. The minimum absolute atomic E-state index is 0.128. The average molecular weight is 228 g/mol. The smallest absolute Gasteiger partial charge is 0.146 e. The van der Waals surface area contributed by atoms with Crippen LogP contribution >= 0.6 is 0 Å². The van der Waals surface area contributed by atoms with Gasteiger partial charge in [-0.25, -0.2) is 4.39 Å². The van der Waals surface area contributed by atoms with E-state index in [4.69, 9.17) is 0 Å². The molecule has 2 aromatic rings. The van der Waals surface area contributed by atoms with Crippen molar-refractivity contribution in [2.24, 2.45) is 0 Å². The highest BCUT2D eigenvalue weighted by molar-refractivity contribution is 5.47. The number of hydrogen-bond donors (Lipinski definition) is 1. The van der Waals surface area contributed by atoms with E-state index in [2.05, 4.69) is 16.4 Å². The van der Waals surface area contributed by atoms with Crippen molar-refractivity contribution in [2.75, 3.05) is 5.32 Å². The first kappa shape index (κ1) is 10.3. The monoisotopic (exact) mass is 228 g/mol. The summed E-state index contributed by atoms with van der Waals surface area (Å²) in [5.41, 5.74) is 2.87. The van der Waals surface area contributed by atoms with Crippen LogP contribution in [0.2, 0.25) is 0 Å². The van der Waals surface area contributed by atoms with E-state index < -0.39 is 0 Å². The summed E-state index contributed by atoms with van der Waals surface area (Å²) in [7, 11) is 0. The molecular weight excluding hydrogens is 215 g/mol. The minimum atomic E-state index is -0.211. The number of pyridine rings is 1. The van der Waals surface area contributed by atoms with E-state index in [9.17, 15) is 4.39 Å². The number of rotatable bonds is 2. The molecule has 2 nitrogen and oxygen atoms in total. The molecule has 1 heterocycles. The molecule has 1 aliphatic carbocycles. The van der Waals surface area contributed by atoms with Gasteiger partial charge in [0.1, 0.15) is 5.82 Å². The second-order valence-corrected chi connectivity index (χ2v) is 4.26. The van der Waals surface area contributed by atoms with Crippen molar-refractivity contribution in [1.82, 2.24) is 4.98 Å². The van der Waals surface area contributed by atoms with E-state index in [-0.39, 0.29) is 11.9 Å². The number of benzene rings is 1. The van der Waals surface area contributed by atoms with Gasteiger partial charge < -0.3 is 5.32 Å². The topological polar surface area (TPSA) is 24.9 Å². The van der Waals surface area contributed by atoms with E-state index in [0.717, 1.165) is 18.5 Å². The molecule has 1 aromatic heterocycles. The quantitative estimate of drug-likeness (QED) is 0.852. The third-order valence-corrected chi connectivity index (χ3v) is 3.16. The Labute approximate surface area is 99.5 Å². The normalized spacial score (nSPS) is 17.8. The van der Waals surface area contributed by atoms with Crippen LogP contribution in [0.1, 0.15) is 23.7 Å². The number of halogens is 1. The van der Waals surface area contributed by atoms with Crippen LogP contribution in [0.15, 0.2) is 42.6 Å². The highest BCUT2D eigenvalue weighted by Crippen LogP contribution is 2.32. The van der Waals surface area contributed by atoms with E-state index in [0.29, 0.717) is 5.69 Å². The number of nitrogens with one attached hydrogen (secondary N) is 1. The Hall–Kier alpha value is -1.90. The van der Waals surface area contributed by atoms with Gasteiger partial charge in [0.25, 0.3) is 0 Å². The predicted molar refractivity (Wildman–Crippen MR) is 65.3 cm³/mol. The maximum atomic E-state index is 13.5. The lowest BCUT2D eigenvalue weighted by atomic mass is 10.2. The number of aromatic nitrogens is 1. The molecule has 1 aromatic carbocycles. The number of anilines is 1. The van der Waals surface area contributed by atoms with Gasteiger partial charge in [-0.1, -0.05) is 18.2 Å². The fourth-order valence-corrected chi connectivity index (χ4v) is 2.32. The average Bonchev–Trinajstić information content (AvgIpc) is 2.76. The molecule has 17 heavy (non-hydrogen) atoms. The van der Waals surface area contributed by atoms with Gasteiger partial charge in [-0.3, -0.25) is 4.98 Å². The van der Waals surface area contributed by atoms with E-state index in [1.807, 2.05) is 12.1 Å². The van der Waals surface area contributed by atoms with E-state index in [1.165, 1.54) is 11.6 Å². The third-order valence-electron chi connectivity index (χ3n) is 3.16. The molecular formula is C14H13FN2. The Morgan fingerprint density at radius 3 is 2.94 bits per heavy atom. The number of fused-ring (bicyclic) bond motifs is 1. The summed E-state index contributed by atoms with van der Waals surface area (Å²) in [5, 5.41) is 3.23. The van der Waals surface area contributed by atoms with Gasteiger partial charge >= 0.3 is 0 Å². The summed E-state index contributed by atoms with van der Waals surface area (Å²) in [6, 6.07) is 10.9. The second-order valence-electron chi connectivity index (χ2n) is 4.26. The number of hydrogen-bond acceptors (Lipinski definition) is 2. The van der Waals surface area contributed by atoms with E-state index in [1.54, 1.807) is 18.3 Å². The van der Waals surface area contributed by atoms with Gasteiger partial charge in [0.05, 0.1) is 17.4 Å².